The second-order valence-electron chi connectivity index (χ2n) is 4.19. The summed E-state index contributed by atoms with van der Waals surface area (Å²) in [5.74, 6) is -0.0103. The number of benzene rings is 1. The smallest absolute Gasteiger partial charge is 0.407 e. The van der Waals surface area contributed by atoms with Crippen molar-refractivity contribution in [3.8, 4) is 5.75 Å². The van der Waals surface area contributed by atoms with Crippen LogP contribution in [0.15, 0.2) is 18.2 Å². The summed E-state index contributed by atoms with van der Waals surface area (Å²) in [4.78, 5) is 10.8. The fraction of sp³-hybridized carbons (Fsp3) is 0.417. The van der Waals surface area contributed by atoms with Crippen molar-refractivity contribution in [3.63, 3.8) is 0 Å². The van der Waals surface area contributed by atoms with Gasteiger partial charge < -0.3 is 20.5 Å². The van der Waals surface area contributed by atoms with Crippen molar-refractivity contribution in [2.45, 2.75) is 19.1 Å². The van der Waals surface area contributed by atoms with Crippen LogP contribution in [-0.2, 0) is 4.74 Å². The zero-order valence-corrected chi connectivity index (χ0v) is 9.98. The Kier molecular flexibility index (Phi) is 3.66. The maximum absolute atomic E-state index is 13.2. The molecular formula is C12H15FN2O3. The Bertz CT molecular complexity index is 451. The van der Waals surface area contributed by atoms with Crippen molar-refractivity contribution in [1.82, 2.24) is 5.32 Å². The summed E-state index contributed by atoms with van der Waals surface area (Å²) >= 11 is 0. The highest BCUT2D eigenvalue weighted by molar-refractivity contribution is 5.69. The minimum atomic E-state index is -0.463. The molecule has 0 bridgehead atoms. The Morgan fingerprint density at radius 2 is 2.44 bits per heavy atom. The van der Waals surface area contributed by atoms with E-state index in [0.29, 0.717) is 17.9 Å². The van der Waals surface area contributed by atoms with Crippen LogP contribution in [0.2, 0.25) is 0 Å². The molecule has 0 spiro atoms. The first-order chi connectivity index (χ1) is 8.56. The van der Waals surface area contributed by atoms with Crippen molar-refractivity contribution in [1.29, 1.82) is 0 Å². The van der Waals surface area contributed by atoms with Crippen molar-refractivity contribution < 1.29 is 18.7 Å². The number of hydrogen-bond acceptors (Lipinski definition) is 4. The van der Waals surface area contributed by atoms with Crippen LogP contribution in [0.3, 0.4) is 0 Å². The van der Waals surface area contributed by atoms with Crippen LogP contribution in [-0.4, -0.2) is 25.3 Å². The Balaban J connectivity index is 2.03. The molecule has 0 aliphatic carbocycles. The molecule has 1 aromatic carbocycles. The second kappa shape index (κ2) is 5.22. The second-order valence-corrected chi connectivity index (χ2v) is 4.19. The van der Waals surface area contributed by atoms with Crippen LogP contribution >= 0.6 is 0 Å². The average molecular weight is 254 g/mol. The Labute approximate surface area is 104 Å². The van der Waals surface area contributed by atoms with E-state index in [1.54, 1.807) is 13.0 Å². The van der Waals surface area contributed by atoms with Gasteiger partial charge in [0.1, 0.15) is 18.2 Å². The van der Waals surface area contributed by atoms with E-state index < -0.39 is 11.9 Å². The Morgan fingerprint density at radius 1 is 1.67 bits per heavy atom. The fourth-order valence-electron chi connectivity index (χ4n) is 1.72. The minimum Gasteiger partial charge on any atom is -0.489 e. The number of carbonyl (C=O) groups excluding carboxylic acids is 1. The van der Waals surface area contributed by atoms with Crippen LogP contribution in [0, 0.1) is 5.82 Å². The van der Waals surface area contributed by atoms with Crippen LogP contribution < -0.4 is 15.8 Å². The summed E-state index contributed by atoms with van der Waals surface area (Å²) in [7, 11) is 0. The predicted molar refractivity (Wildman–Crippen MR) is 62.8 cm³/mol. The summed E-state index contributed by atoms with van der Waals surface area (Å²) in [6.45, 7) is 2.35. The lowest BCUT2D eigenvalue weighted by Gasteiger charge is -2.15. The fourth-order valence-corrected chi connectivity index (χ4v) is 1.72. The highest BCUT2D eigenvalue weighted by Gasteiger charge is 2.23. The maximum Gasteiger partial charge on any atom is 0.407 e. The molecule has 1 aromatic rings. The zero-order valence-electron chi connectivity index (χ0n) is 9.98. The van der Waals surface area contributed by atoms with E-state index in [4.69, 9.17) is 15.2 Å². The topological polar surface area (TPSA) is 73.6 Å². The van der Waals surface area contributed by atoms with Gasteiger partial charge in [-0.3, -0.25) is 0 Å². The van der Waals surface area contributed by atoms with Gasteiger partial charge in [-0.2, -0.15) is 0 Å². The molecule has 1 unspecified atom stereocenters. The normalized spacial score (nSPS) is 20.2. The highest BCUT2D eigenvalue weighted by atomic mass is 19.1. The number of hydrogen-bond donors (Lipinski definition) is 2. The van der Waals surface area contributed by atoms with Gasteiger partial charge in [-0.25, -0.2) is 9.18 Å². The maximum atomic E-state index is 13.2. The molecule has 2 atom stereocenters. The largest absolute Gasteiger partial charge is 0.489 e. The number of ether oxygens (including phenoxy) is 2. The first-order valence-electron chi connectivity index (χ1n) is 5.68. The van der Waals surface area contributed by atoms with Gasteiger partial charge in [0.25, 0.3) is 0 Å². The number of cyclic esters (lactones) is 1. The van der Waals surface area contributed by atoms with Crippen LogP contribution in [0.25, 0.3) is 0 Å². The van der Waals surface area contributed by atoms with E-state index in [1.165, 1.54) is 12.1 Å². The molecule has 5 nitrogen and oxygen atoms in total. The van der Waals surface area contributed by atoms with Crippen LogP contribution in [0.5, 0.6) is 5.75 Å². The molecule has 0 aromatic heterocycles. The monoisotopic (exact) mass is 254 g/mol. The molecule has 1 saturated heterocycles. The van der Waals surface area contributed by atoms with Gasteiger partial charge >= 0.3 is 6.09 Å². The summed E-state index contributed by atoms with van der Waals surface area (Å²) in [5.41, 5.74) is 6.49. The number of nitrogens with two attached hydrogens (primary N) is 1. The quantitative estimate of drug-likeness (QED) is 0.850. The van der Waals surface area contributed by atoms with Gasteiger partial charge in [0.05, 0.1) is 6.54 Å². The van der Waals surface area contributed by atoms with Crippen molar-refractivity contribution in [2.75, 3.05) is 13.2 Å². The number of amides is 1. The third-order valence-corrected chi connectivity index (χ3v) is 2.64. The van der Waals surface area contributed by atoms with Crippen molar-refractivity contribution in [2.24, 2.45) is 5.73 Å². The van der Waals surface area contributed by atoms with Gasteiger partial charge in [-0.05, 0) is 13.0 Å². The van der Waals surface area contributed by atoms with E-state index in [9.17, 15) is 9.18 Å². The molecule has 0 saturated carbocycles. The van der Waals surface area contributed by atoms with Gasteiger partial charge in [0.2, 0.25) is 0 Å². The molecule has 1 aliphatic heterocycles. The standard InChI is InChI=1S/C12H15FN2O3/c1-7(14)10-3-2-8(13)4-11(10)17-6-9-5-15-12(16)18-9/h2-4,7,9H,5-6,14H2,1H3,(H,15,16)/t7-,9?/m1/s1. The van der Waals surface area contributed by atoms with Crippen molar-refractivity contribution >= 4 is 6.09 Å². The molecule has 1 fully saturated rings. The number of carbonyl (C=O) groups is 1. The Hall–Kier alpha value is -1.82. The summed E-state index contributed by atoms with van der Waals surface area (Å²) < 4.78 is 23.5. The minimum absolute atomic E-state index is 0.169. The number of halogens is 1. The Morgan fingerprint density at radius 3 is 3.06 bits per heavy atom. The number of rotatable bonds is 4. The lowest BCUT2D eigenvalue weighted by atomic mass is 10.1. The third kappa shape index (κ3) is 2.89. The van der Waals surface area contributed by atoms with Gasteiger partial charge in [-0.15, -0.1) is 0 Å². The van der Waals surface area contributed by atoms with E-state index >= 15 is 0 Å². The van der Waals surface area contributed by atoms with E-state index in [0.717, 1.165) is 0 Å². The van der Waals surface area contributed by atoms with Gasteiger partial charge in [-0.1, -0.05) is 6.07 Å². The first kappa shape index (κ1) is 12.6. The summed E-state index contributed by atoms with van der Waals surface area (Å²) in [6.07, 6.45) is -0.822. The number of nitrogens with one attached hydrogen (secondary N) is 1. The summed E-state index contributed by atoms with van der Waals surface area (Å²) in [6, 6.07) is 3.95. The molecule has 3 N–H and O–H groups in total. The molecule has 1 aliphatic rings. The molecule has 2 rings (SSSR count). The molecule has 98 valence electrons. The molecule has 0 radical (unpaired) electrons. The van der Waals surface area contributed by atoms with Gasteiger partial charge in [0.15, 0.2) is 6.10 Å². The first-order valence-corrected chi connectivity index (χ1v) is 5.68. The third-order valence-electron chi connectivity index (χ3n) is 2.64. The molecule has 18 heavy (non-hydrogen) atoms. The zero-order chi connectivity index (χ0) is 13.1. The van der Waals surface area contributed by atoms with E-state index in [-0.39, 0.29) is 18.8 Å². The van der Waals surface area contributed by atoms with E-state index in [2.05, 4.69) is 5.32 Å². The van der Waals surface area contributed by atoms with Crippen LogP contribution in [0.4, 0.5) is 9.18 Å². The van der Waals surface area contributed by atoms with Crippen molar-refractivity contribution in [3.05, 3.63) is 29.6 Å². The van der Waals surface area contributed by atoms with E-state index in [1.807, 2.05) is 0 Å². The molecular weight excluding hydrogens is 239 g/mol. The lowest BCUT2D eigenvalue weighted by Crippen LogP contribution is -2.22. The highest BCUT2D eigenvalue weighted by Crippen LogP contribution is 2.25. The molecule has 1 amide bonds. The number of alkyl carbamates (subject to hydrolysis) is 1. The predicted octanol–water partition coefficient (Wildman–Crippen LogP) is 1.33. The van der Waals surface area contributed by atoms with Crippen LogP contribution in [0.1, 0.15) is 18.5 Å². The van der Waals surface area contributed by atoms with Gasteiger partial charge in [0, 0.05) is 17.7 Å². The SMILES string of the molecule is C[C@@H](N)c1ccc(F)cc1OCC1CNC(=O)O1. The lowest BCUT2D eigenvalue weighted by molar-refractivity contribution is 0.104. The molecule has 1 heterocycles. The average Bonchev–Trinajstić information content (AvgIpc) is 2.72. The molecule has 6 heteroatoms. The summed E-state index contributed by atoms with van der Waals surface area (Å²) in [5, 5.41) is 2.51.